The van der Waals surface area contributed by atoms with Crippen LogP contribution in [-0.4, -0.2) is 42.8 Å². The number of benzene rings is 1. The zero-order valence-electron chi connectivity index (χ0n) is 17.0. The number of nitrogens with one attached hydrogen (secondary N) is 1. The highest BCUT2D eigenvalue weighted by Crippen LogP contribution is 2.31. The first-order chi connectivity index (χ1) is 14.1. The Kier molecular flexibility index (Phi) is 5.85. The monoisotopic (exact) mass is 395 g/mol. The Morgan fingerprint density at radius 2 is 2.00 bits per heavy atom. The molecule has 1 fully saturated rings. The van der Waals surface area contributed by atoms with Crippen LogP contribution in [0.2, 0.25) is 0 Å². The van der Waals surface area contributed by atoms with E-state index < -0.39 is 0 Å². The van der Waals surface area contributed by atoms with Crippen molar-refractivity contribution in [3.63, 3.8) is 0 Å². The van der Waals surface area contributed by atoms with E-state index in [9.17, 15) is 0 Å². The van der Waals surface area contributed by atoms with Crippen molar-refractivity contribution in [3.05, 3.63) is 53.7 Å². The number of rotatable bonds is 4. The number of nitrogens with zero attached hydrogens (tertiary/aromatic N) is 3. The highest BCUT2D eigenvalue weighted by molar-refractivity contribution is 5.78. The third kappa shape index (κ3) is 4.79. The molecule has 1 aromatic carbocycles. The van der Waals surface area contributed by atoms with Gasteiger partial charge >= 0.3 is 0 Å². The Labute approximate surface area is 171 Å². The minimum atomic E-state index is 0.120. The van der Waals surface area contributed by atoms with Gasteiger partial charge in [0, 0.05) is 31.3 Å². The van der Waals surface area contributed by atoms with Gasteiger partial charge in [0.1, 0.15) is 11.6 Å². The molecular weight excluding hydrogens is 366 g/mol. The lowest BCUT2D eigenvalue weighted by Gasteiger charge is -2.36. The fraction of sp³-hybridized carbons (Fsp3) is 0.455. The van der Waals surface area contributed by atoms with Gasteiger partial charge in [-0.3, -0.25) is 0 Å². The largest absolute Gasteiger partial charge is 0.493 e. The summed E-state index contributed by atoms with van der Waals surface area (Å²) in [4.78, 5) is 11.4. The zero-order chi connectivity index (χ0) is 20.2. The van der Waals surface area contributed by atoms with E-state index in [1.807, 2.05) is 30.5 Å². The van der Waals surface area contributed by atoms with E-state index in [4.69, 9.17) is 15.2 Å². The van der Waals surface area contributed by atoms with E-state index in [1.165, 1.54) is 0 Å². The number of guanidine groups is 1. The van der Waals surface area contributed by atoms with Crippen molar-refractivity contribution in [3.8, 4) is 5.75 Å². The third-order valence-corrected chi connectivity index (χ3v) is 5.27. The lowest BCUT2D eigenvalue weighted by molar-refractivity contribution is -0.00545. The smallest absolute Gasteiger partial charge is 0.189 e. The number of nitrogens with two attached hydrogens (primary N) is 1. The summed E-state index contributed by atoms with van der Waals surface area (Å²) < 4.78 is 11.5. The van der Waals surface area contributed by atoms with Crippen LogP contribution in [0.4, 0.5) is 5.82 Å². The highest BCUT2D eigenvalue weighted by Gasteiger charge is 2.23. The second kappa shape index (κ2) is 8.69. The SMILES string of the molecule is CC1CN(c2ccc(CN=C(N)NC3CCOc4ccccc43)cn2)CC(C)O1. The van der Waals surface area contributed by atoms with Crippen LogP contribution in [0.1, 0.15) is 37.4 Å². The minimum Gasteiger partial charge on any atom is -0.493 e. The van der Waals surface area contributed by atoms with Gasteiger partial charge in [0.15, 0.2) is 5.96 Å². The number of fused-ring (bicyclic) bond motifs is 1. The summed E-state index contributed by atoms with van der Waals surface area (Å²) in [6.45, 7) is 7.08. The molecule has 1 aromatic heterocycles. The van der Waals surface area contributed by atoms with Crippen LogP contribution in [0.15, 0.2) is 47.6 Å². The van der Waals surface area contributed by atoms with Gasteiger partial charge in [-0.2, -0.15) is 0 Å². The summed E-state index contributed by atoms with van der Waals surface area (Å²) in [5.74, 6) is 2.33. The van der Waals surface area contributed by atoms with Crippen molar-refractivity contribution >= 4 is 11.8 Å². The fourth-order valence-corrected chi connectivity index (χ4v) is 3.95. The van der Waals surface area contributed by atoms with Crippen LogP contribution in [-0.2, 0) is 11.3 Å². The molecule has 2 aromatic rings. The topological polar surface area (TPSA) is 85.0 Å². The first-order valence-corrected chi connectivity index (χ1v) is 10.2. The van der Waals surface area contributed by atoms with E-state index in [2.05, 4.69) is 46.2 Å². The molecule has 7 heteroatoms. The Morgan fingerprint density at radius 1 is 1.21 bits per heavy atom. The maximum atomic E-state index is 6.14. The lowest BCUT2D eigenvalue weighted by Crippen LogP contribution is -2.45. The summed E-state index contributed by atoms with van der Waals surface area (Å²) in [5, 5.41) is 3.32. The Morgan fingerprint density at radius 3 is 2.76 bits per heavy atom. The van der Waals surface area contributed by atoms with Gasteiger partial charge in [-0.15, -0.1) is 0 Å². The zero-order valence-corrected chi connectivity index (χ0v) is 17.0. The minimum absolute atomic E-state index is 0.120. The van der Waals surface area contributed by atoms with E-state index in [1.54, 1.807) is 0 Å². The molecule has 3 unspecified atom stereocenters. The van der Waals surface area contributed by atoms with Crippen molar-refractivity contribution in [2.24, 2.45) is 10.7 Å². The predicted molar refractivity (Wildman–Crippen MR) is 114 cm³/mol. The van der Waals surface area contributed by atoms with Crippen LogP contribution >= 0.6 is 0 Å². The standard InChI is InChI=1S/C22H29N5O2/c1-15-13-27(14-16(2)29-15)21-8-7-17(11-24-21)12-25-22(23)26-19-9-10-28-20-6-4-3-5-18(19)20/h3-8,11,15-16,19H,9-10,12-14H2,1-2H3,(H3,23,25,26). The van der Waals surface area contributed by atoms with E-state index in [0.717, 1.165) is 42.2 Å². The van der Waals surface area contributed by atoms with Gasteiger partial charge < -0.3 is 25.4 Å². The summed E-state index contributed by atoms with van der Waals surface area (Å²) in [6.07, 6.45) is 3.16. The molecule has 0 saturated carbocycles. The fourth-order valence-electron chi connectivity index (χ4n) is 3.95. The third-order valence-electron chi connectivity index (χ3n) is 5.27. The average molecular weight is 396 g/mol. The molecule has 2 aliphatic heterocycles. The molecule has 3 atom stereocenters. The summed E-state index contributed by atoms with van der Waals surface area (Å²) in [6, 6.07) is 12.3. The molecule has 1 saturated heterocycles. The van der Waals surface area contributed by atoms with Gasteiger partial charge in [0.2, 0.25) is 0 Å². The van der Waals surface area contributed by atoms with E-state index in [-0.39, 0.29) is 18.2 Å². The second-order valence-electron chi connectivity index (χ2n) is 7.76. The van der Waals surface area contributed by atoms with Gasteiger partial charge in [0.25, 0.3) is 0 Å². The summed E-state index contributed by atoms with van der Waals surface area (Å²) >= 11 is 0. The lowest BCUT2D eigenvalue weighted by atomic mass is 10.0. The van der Waals surface area contributed by atoms with E-state index in [0.29, 0.717) is 19.1 Å². The molecule has 3 N–H and O–H groups in total. The van der Waals surface area contributed by atoms with E-state index >= 15 is 0 Å². The molecule has 4 rings (SSSR count). The molecular formula is C22H29N5O2. The van der Waals surface area contributed by atoms with Gasteiger partial charge in [-0.25, -0.2) is 9.98 Å². The average Bonchev–Trinajstić information content (AvgIpc) is 2.72. The van der Waals surface area contributed by atoms with Gasteiger partial charge in [-0.1, -0.05) is 24.3 Å². The molecule has 0 amide bonds. The number of pyridine rings is 1. The number of para-hydroxylation sites is 1. The Hall–Kier alpha value is -2.80. The first kappa shape index (κ1) is 19.5. The predicted octanol–water partition coefficient (Wildman–Crippen LogP) is 2.62. The summed E-state index contributed by atoms with van der Waals surface area (Å²) in [7, 11) is 0. The molecule has 29 heavy (non-hydrogen) atoms. The van der Waals surface area contributed by atoms with Crippen molar-refractivity contribution < 1.29 is 9.47 Å². The molecule has 3 heterocycles. The van der Waals surface area contributed by atoms with Crippen LogP contribution in [0.3, 0.4) is 0 Å². The highest BCUT2D eigenvalue weighted by atomic mass is 16.5. The Balaban J connectivity index is 1.35. The van der Waals surface area contributed by atoms with Crippen molar-refractivity contribution in [1.82, 2.24) is 10.3 Å². The molecule has 0 aliphatic carbocycles. The second-order valence-corrected chi connectivity index (χ2v) is 7.76. The van der Waals surface area contributed by atoms with Crippen LogP contribution in [0, 0.1) is 0 Å². The molecule has 154 valence electrons. The maximum Gasteiger partial charge on any atom is 0.189 e. The van der Waals surface area contributed by atoms with Crippen molar-refractivity contribution in [2.45, 2.75) is 45.1 Å². The van der Waals surface area contributed by atoms with Crippen LogP contribution < -0.4 is 20.7 Å². The summed E-state index contributed by atoms with van der Waals surface area (Å²) in [5.41, 5.74) is 8.29. The first-order valence-electron chi connectivity index (χ1n) is 10.2. The molecule has 2 aliphatic rings. The number of aromatic nitrogens is 1. The van der Waals surface area contributed by atoms with Crippen molar-refractivity contribution in [1.29, 1.82) is 0 Å². The molecule has 7 nitrogen and oxygen atoms in total. The number of hydrogen-bond donors (Lipinski definition) is 2. The van der Waals surface area contributed by atoms with Crippen molar-refractivity contribution in [2.75, 3.05) is 24.6 Å². The number of hydrogen-bond acceptors (Lipinski definition) is 5. The van der Waals surface area contributed by atoms with Crippen LogP contribution in [0.5, 0.6) is 5.75 Å². The number of anilines is 1. The number of aliphatic imine (C=N–C) groups is 1. The quantitative estimate of drug-likeness (QED) is 0.612. The maximum absolute atomic E-state index is 6.14. The van der Waals surface area contributed by atoms with Gasteiger partial charge in [-0.05, 0) is 31.5 Å². The number of morpholine rings is 1. The molecule has 0 spiro atoms. The number of ether oxygens (including phenoxy) is 2. The Bertz CT molecular complexity index is 845. The van der Waals surface area contributed by atoms with Crippen LogP contribution in [0.25, 0.3) is 0 Å². The molecule has 0 radical (unpaired) electrons. The van der Waals surface area contributed by atoms with Gasteiger partial charge in [0.05, 0.1) is 31.4 Å². The normalized spacial score (nSPS) is 24.6. The molecule has 0 bridgehead atoms.